The van der Waals surface area contributed by atoms with Gasteiger partial charge in [0.2, 0.25) is 11.0 Å². The number of amides is 3. The molecule has 1 atom stereocenters. The van der Waals surface area contributed by atoms with E-state index in [1.165, 1.54) is 48.5 Å². The topological polar surface area (TPSA) is 81.8 Å². The molecule has 3 amide bonds. The molecule has 3 rings (SSSR count). The first-order valence-corrected chi connectivity index (χ1v) is 9.30. The van der Waals surface area contributed by atoms with Gasteiger partial charge in [-0.3, -0.25) is 24.7 Å². The molecule has 7 nitrogen and oxygen atoms in total. The van der Waals surface area contributed by atoms with Crippen molar-refractivity contribution >= 4 is 52.3 Å². The van der Waals surface area contributed by atoms with Crippen LogP contribution < -0.4 is 15.6 Å². The number of carbonyl (C=O) groups excluding carboxylic acids is 3. The molecule has 1 saturated heterocycles. The summed E-state index contributed by atoms with van der Waals surface area (Å²) in [5.41, 5.74) is 3.20. The summed E-state index contributed by atoms with van der Waals surface area (Å²) >= 11 is 11.2. The van der Waals surface area contributed by atoms with Crippen molar-refractivity contribution in [2.75, 3.05) is 11.9 Å². The molecule has 2 N–H and O–H groups in total. The Kier molecular flexibility index (Phi) is 6.09. The molecule has 0 unspecified atom stereocenters. The normalized spacial score (nSPS) is 16.2. The predicted molar refractivity (Wildman–Crippen MR) is 110 cm³/mol. The van der Waals surface area contributed by atoms with Crippen LogP contribution in [0.4, 0.5) is 10.1 Å². The number of nitrogens with zero attached hydrogens (tertiary/aromatic N) is 2. The molecule has 1 aliphatic heterocycles. The number of hydrogen-bond donors (Lipinski definition) is 2. The van der Waals surface area contributed by atoms with Crippen molar-refractivity contribution in [3.63, 3.8) is 0 Å². The highest BCUT2D eigenvalue weighted by Gasteiger charge is 2.45. The molecule has 10 heteroatoms. The lowest BCUT2D eigenvalue weighted by molar-refractivity contribution is -0.127. The van der Waals surface area contributed by atoms with E-state index in [1.54, 1.807) is 12.1 Å². The van der Waals surface area contributed by atoms with Crippen molar-refractivity contribution in [1.29, 1.82) is 0 Å². The third-order valence-electron chi connectivity index (χ3n) is 4.29. The molecule has 0 aromatic heterocycles. The Morgan fingerprint density at radius 3 is 2.34 bits per heavy atom. The smallest absolute Gasteiger partial charge is 0.269 e. The Bertz CT molecular complexity index is 968. The van der Waals surface area contributed by atoms with Crippen molar-refractivity contribution < 1.29 is 18.8 Å². The van der Waals surface area contributed by atoms with Crippen LogP contribution in [0.1, 0.15) is 16.8 Å². The maximum absolute atomic E-state index is 13.3. The van der Waals surface area contributed by atoms with Crippen molar-refractivity contribution in [1.82, 2.24) is 15.8 Å². The molecule has 1 aliphatic rings. The molecule has 1 heterocycles. The molecule has 2 aromatic carbocycles. The van der Waals surface area contributed by atoms with Gasteiger partial charge in [0.25, 0.3) is 11.8 Å². The van der Waals surface area contributed by atoms with Gasteiger partial charge in [-0.05, 0) is 60.7 Å². The van der Waals surface area contributed by atoms with E-state index >= 15 is 0 Å². The highest BCUT2D eigenvalue weighted by molar-refractivity contribution is 7.80. The van der Waals surface area contributed by atoms with Gasteiger partial charge in [0.1, 0.15) is 11.9 Å². The minimum atomic E-state index is -1.05. The van der Waals surface area contributed by atoms with Gasteiger partial charge in [0, 0.05) is 17.6 Å². The number of thiocarbonyl (C=S) groups is 1. The molecule has 0 bridgehead atoms. The van der Waals surface area contributed by atoms with Crippen molar-refractivity contribution in [3.05, 3.63) is 64.9 Å². The molecular formula is C19H16ClFN4O3S. The zero-order valence-electron chi connectivity index (χ0n) is 15.2. The fourth-order valence-electron chi connectivity index (χ4n) is 2.78. The summed E-state index contributed by atoms with van der Waals surface area (Å²) < 4.78 is 13.3. The lowest BCUT2D eigenvalue weighted by Crippen LogP contribution is -2.50. The van der Waals surface area contributed by atoms with Crippen LogP contribution in [-0.2, 0) is 9.59 Å². The SMILES string of the molecule is CNC(=O)C[C@H]1C(=O)N(c2ccc(F)cc2)C(=S)N1NC(=O)c1ccc(Cl)cc1. The second-order valence-electron chi connectivity index (χ2n) is 6.14. The van der Waals surface area contributed by atoms with Crippen LogP contribution in [0.3, 0.4) is 0 Å². The average molecular weight is 435 g/mol. The molecule has 0 spiro atoms. The molecule has 0 radical (unpaired) electrons. The van der Waals surface area contributed by atoms with Gasteiger partial charge in [-0.2, -0.15) is 0 Å². The van der Waals surface area contributed by atoms with Gasteiger partial charge in [-0.25, -0.2) is 9.40 Å². The lowest BCUT2D eigenvalue weighted by Gasteiger charge is -2.24. The maximum Gasteiger partial charge on any atom is 0.269 e. The van der Waals surface area contributed by atoms with E-state index in [-0.39, 0.29) is 11.5 Å². The first-order chi connectivity index (χ1) is 13.8. The second kappa shape index (κ2) is 8.54. The van der Waals surface area contributed by atoms with E-state index in [1.807, 2.05) is 0 Å². The Labute approximate surface area is 176 Å². The summed E-state index contributed by atoms with van der Waals surface area (Å²) in [6, 6.07) is 10.2. The predicted octanol–water partition coefficient (Wildman–Crippen LogP) is 2.26. The summed E-state index contributed by atoms with van der Waals surface area (Å²) in [7, 11) is 1.44. The van der Waals surface area contributed by atoms with Crippen LogP contribution in [0.15, 0.2) is 48.5 Å². The fourth-order valence-corrected chi connectivity index (χ4v) is 3.27. The molecule has 29 heavy (non-hydrogen) atoms. The van der Waals surface area contributed by atoms with E-state index in [2.05, 4.69) is 10.7 Å². The van der Waals surface area contributed by atoms with Crippen LogP contribution in [-0.4, -0.2) is 40.9 Å². The number of carbonyl (C=O) groups is 3. The van der Waals surface area contributed by atoms with Crippen LogP contribution in [0.5, 0.6) is 0 Å². The largest absolute Gasteiger partial charge is 0.359 e. The van der Waals surface area contributed by atoms with E-state index in [0.717, 1.165) is 4.90 Å². The summed E-state index contributed by atoms with van der Waals surface area (Å²) in [6.45, 7) is 0. The molecular weight excluding hydrogens is 419 g/mol. The monoisotopic (exact) mass is 434 g/mol. The number of hydrazine groups is 1. The summed E-state index contributed by atoms with van der Waals surface area (Å²) in [6.07, 6.45) is -0.228. The Balaban J connectivity index is 1.90. The first-order valence-electron chi connectivity index (χ1n) is 8.51. The minimum absolute atomic E-state index is 0.0298. The second-order valence-corrected chi connectivity index (χ2v) is 6.95. The van der Waals surface area contributed by atoms with Gasteiger partial charge < -0.3 is 5.32 Å². The number of anilines is 1. The van der Waals surface area contributed by atoms with Crippen molar-refractivity contribution in [2.24, 2.45) is 0 Å². The van der Waals surface area contributed by atoms with Gasteiger partial charge in [0.05, 0.1) is 12.1 Å². The number of nitrogens with one attached hydrogen (secondary N) is 2. The van der Waals surface area contributed by atoms with E-state index in [9.17, 15) is 18.8 Å². The quantitative estimate of drug-likeness (QED) is 0.705. The molecule has 0 aliphatic carbocycles. The van der Waals surface area contributed by atoms with Gasteiger partial charge >= 0.3 is 0 Å². The number of rotatable bonds is 5. The highest BCUT2D eigenvalue weighted by atomic mass is 35.5. The Morgan fingerprint density at radius 1 is 1.14 bits per heavy atom. The van der Waals surface area contributed by atoms with Gasteiger partial charge in [-0.1, -0.05) is 11.6 Å². The fraction of sp³-hybridized carbons (Fsp3) is 0.158. The standard InChI is InChI=1S/C19H16ClFN4O3S/c1-22-16(26)10-15-18(28)24(14-8-6-13(21)7-9-14)19(29)25(15)23-17(27)11-2-4-12(20)5-3-11/h2-9,15H,10H2,1H3,(H,22,26)(H,23,27)/t15-/m0/s1. The maximum atomic E-state index is 13.3. The Hall–Kier alpha value is -3.04. The number of hydrogen-bond acceptors (Lipinski definition) is 4. The van der Waals surface area contributed by atoms with Crippen LogP contribution in [0.25, 0.3) is 0 Å². The minimum Gasteiger partial charge on any atom is -0.359 e. The van der Waals surface area contributed by atoms with Crippen molar-refractivity contribution in [2.45, 2.75) is 12.5 Å². The van der Waals surface area contributed by atoms with E-state index in [0.29, 0.717) is 16.3 Å². The average Bonchev–Trinajstić information content (AvgIpc) is 2.93. The summed E-state index contributed by atoms with van der Waals surface area (Å²) in [4.78, 5) is 38.7. The third kappa shape index (κ3) is 4.36. The van der Waals surface area contributed by atoms with Crippen LogP contribution in [0.2, 0.25) is 5.02 Å². The van der Waals surface area contributed by atoms with Crippen molar-refractivity contribution in [3.8, 4) is 0 Å². The zero-order chi connectivity index (χ0) is 21.1. The summed E-state index contributed by atoms with van der Waals surface area (Å²) in [5.74, 6) is -1.92. The van der Waals surface area contributed by atoms with Gasteiger partial charge in [0.15, 0.2) is 0 Å². The lowest BCUT2D eigenvalue weighted by atomic mass is 10.2. The number of halogens is 2. The van der Waals surface area contributed by atoms with Crippen LogP contribution >= 0.6 is 23.8 Å². The Morgan fingerprint density at radius 2 is 1.76 bits per heavy atom. The highest BCUT2D eigenvalue weighted by Crippen LogP contribution is 2.26. The van der Waals surface area contributed by atoms with E-state index in [4.69, 9.17) is 23.8 Å². The van der Waals surface area contributed by atoms with Crippen LogP contribution in [0, 0.1) is 5.82 Å². The molecule has 2 aromatic rings. The molecule has 0 saturated carbocycles. The zero-order valence-corrected chi connectivity index (χ0v) is 16.8. The number of benzene rings is 2. The molecule has 1 fully saturated rings. The third-order valence-corrected chi connectivity index (χ3v) is 4.92. The summed E-state index contributed by atoms with van der Waals surface area (Å²) in [5, 5.41) is 4.05. The first kappa shape index (κ1) is 20.7. The van der Waals surface area contributed by atoms with E-state index < -0.39 is 29.6 Å². The molecule has 150 valence electrons. The van der Waals surface area contributed by atoms with Gasteiger partial charge in [-0.15, -0.1) is 0 Å².